The summed E-state index contributed by atoms with van der Waals surface area (Å²) in [6.07, 6.45) is -4.71. The second-order valence-electron chi connectivity index (χ2n) is 12.7. The van der Waals surface area contributed by atoms with Crippen molar-refractivity contribution in [3.05, 3.63) is 155 Å². The zero-order chi connectivity index (χ0) is 37.9. The predicted molar refractivity (Wildman–Crippen MR) is 198 cm³/mol. The van der Waals surface area contributed by atoms with Gasteiger partial charge in [0.1, 0.15) is 48.5 Å². The van der Waals surface area contributed by atoms with Gasteiger partial charge in [-0.25, -0.2) is 9.59 Å². The molecule has 0 spiro atoms. The summed E-state index contributed by atoms with van der Waals surface area (Å²) in [7, 11) is 2.51. The number of H-pyrrole nitrogens is 1. The van der Waals surface area contributed by atoms with Gasteiger partial charge < -0.3 is 38.1 Å². The van der Waals surface area contributed by atoms with Gasteiger partial charge in [-0.1, -0.05) is 121 Å². The number of aromatic amines is 1. The molecule has 0 unspecified atom stereocenters. The molecule has 280 valence electrons. The van der Waals surface area contributed by atoms with E-state index < -0.39 is 48.4 Å². The second kappa shape index (κ2) is 18.4. The zero-order valence-electron chi connectivity index (χ0n) is 30.3. The molecule has 0 bridgehead atoms. The summed E-state index contributed by atoms with van der Waals surface area (Å²) in [6, 6.07) is 38.0. The quantitative estimate of drug-likeness (QED) is 0.0885. The Balaban J connectivity index is 1.55. The molecule has 1 saturated heterocycles. The molecule has 0 aliphatic carbocycles. The summed E-state index contributed by atoms with van der Waals surface area (Å²) < 4.78 is 43.3. The minimum atomic E-state index is -1.11. The first-order chi connectivity index (χ1) is 26.4. The predicted octanol–water partition coefficient (Wildman–Crippen LogP) is 7.01. The molecule has 54 heavy (non-hydrogen) atoms. The van der Waals surface area contributed by atoms with Crippen LogP contribution in [0.15, 0.2) is 121 Å². The van der Waals surface area contributed by atoms with Crippen molar-refractivity contribution in [3.8, 4) is 11.1 Å². The average molecular weight is 734 g/mol. The van der Waals surface area contributed by atoms with Crippen molar-refractivity contribution < 1.29 is 47.5 Å². The van der Waals surface area contributed by atoms with Gasteiger partial charge in [0.05, 0.1) is 34.0 Å². The van der Waals surface area contributed by atoms with Crippen LogP contribution >= 0.6 is 0 Å². The minimum Gasteiger partial charge on any atom is -0.464 e. The number of methoxy groups -OCH3 is 2. The number of carbonyl (C=O) groups is 3. The lowest BCUT2D eigenvalue weighted by atomic mass is 9.86. The number of nitrogens with one attached hydrogen (secondary N) is 1. The molecule has 1 N–H and O–H groups in total. The van der Waals surface area contributed by atoms with Crippen molar-refractivity contribution in [2.45, 2.75) is 57.3 Å². The molecule has 5 atom stereocenters. The minimum absolute atomic E-state index is 0.0188. The Morgan fingerprint density at radius 1 is 0.593 bits per heavy atom. The molecule has 11 nitrogen and oxygen atoms in total. The number of esters is 3. The van der Waals surface area contributed by atoms with E-state index in [2.05, 4.69) is 4.98 Å². The smallest absolute Gasteiger partial charge is 0.355 e. The fourth-order valence-corrected chi connectivity index (χ4v) is 6.58. The van der Waals surface area contributed by atoms with Crippen LogP contribution in [0.3, 0.4) is 0 Å². The molecule has 4 aromatic carbocycles. The first-order valence-corrected chi connectivity index (χ1v) is 17.6. The molecule has 1 aliphatic heterocycles. The molecule has 1 aliphatic rings. The maximum atomic E-state index is 13.7. The van der Waals surface area contributed by atoms with E-state index in [1.54, 1.807) is 0 Å². The van der Waals surface area contributed by atoms with Gasteiger partial charge in [0, 0.05) is 18.1 Å². The van der Waals surface area contributed by atoms with Crippen LogP contribution in [0.1, 0.15) is 56.3 Å². The van der Waals surface area contributed by atoms with E-state index in [0.717, 1.165) is 16.7 Å². The van der Waals surface area contributed by atoms with Gasteiger partial charge in [0.25, 0.3) is 0 Å². The lowest BCUT2D eigenvalue weighted by Gasteiger charge is -2.46. The number of hydrogen-bond donors (Lipinski definition) is 1. The summed E-state index contributed by atoms with van der Waals surface area (Å²) in [5.41, 5.74) is 3.91. The molecule has 0 amide bonds. The van der Waals surface area contributed by atoms with Crippen LogP contribution < -0.4 is 0 Å². The molecule has 0 radical (unpaired) electrons. The fraction of sp³-hybridized carbons (Fsp3) is 0.279. The van der Waals surface area contributed by atoms with Gasteiger partial charge in [-0.2, -0.15) is 0 Å². The van der Waals surface area contributed by atoms with Crippen molar-refractivity contribution in [2.75, 3.05) is 20.8 Å². The molecule has 11 heteroatoms. The van der Waals surface area contributed by atoms with Gasteiger partial charge in [0.15, 0.2) is 0 Å². The van der Waals surface area contributed by atoms with E-state index in [1.807, 2.05) is 121 Å². The van der Waals surface area contributed by atoms with E-state index >= 15 is 0 Å². The molecular weight excluding hydrogens is 690 g/mol. The van der Waals surface area contributed by atoms with Crippen LogP contribution in [0.25, 0.3) is 11.1 Å². The van der Waals surface area contributed by atoms with Crippen molar-refractivity contribution in [1.29, 1.82) is 0 Å². The normalized spacial score (nSPS) is 19.5. The average Bonchev–Trinajstić information content (AvgIpc) is 3.62. The van der Waals surface area contributed by atoms with E-state index in [-0.39, 0.29) is 43.4 Å². The lowest BCUT2D eigenvalue weighted by Crippen LogP contribution is -2.58. The van der Waals surface area contributed by atoms with Gasteiger partial charge >= 0.3 is 17.9 Å². The Morgan fingerprint density at radius 2 is 1.04 bits per heavy atom. The SMILES string of the molecule is COC(=O)c1[nH]c(C(=O)OC)c([C@H]2O[C@H](COC(C)=O)[C@H](OCc3ccccc3)[C@H](OCc3ccccc3)[C@H]2OCc2ccccc2)c1-c1ccccc1. The Morgan fingerprint density at radius 3 is 1.52 bits per heavy atom. The van der Waals surface area contributed by atoms with Crippen molar-refractivity contribution >= 4 is 17.9 Å². The third-order valence-corrected chi connectivity index (χ3v) is 9.11. The van der Waals surface area contributed by atoms with Crippen LogP contribution in [0.5, 0.6) is 0 Å². The summed E-state index contributed by atoms with van der Waals surface area (Å²) >= 11 is 0. The molecule has 5 aromatic rings. The van der Waals surface area contributed by atoms with E-state index in [1.165, 1.54) is 21.1 Å². The topological polar surface area (TPSA) is 132 Å². The Hall–Kier alpha value is -5.59. The first-order valence-electron chi connectivity index (χ1n) is 17.6. The molecular formula is C43H43NO10. The Kier molecular flexibility index (Phi) is 13.0. The van der Waals surface area contributed by atoms with Crippen molar-refractivity contribution in [1.82, 2.24) is 4.98 Å². The largest absolute Gasteiger partial charge is 0.464 e. The van der Waals surface area contributed by atoms with E-state index in [0.29, 0.717) is 11.1 Å². The highest BCUT2D eigenvalue weighted by Gasteiger charge is 2.51. The maximum absolute atomic E-state index is 13.7. The number of rotatable bonds is 15. The third-order valence-electron chi connectivity index (χ3n) is 9.11. The van der Waals surface area contributed by atoms with Crippen LogP contribution in [-0.4, -0.2) is 68.1 Å². The van der Waals surface area contributed by atoms with Gasteiger partial charge in [-0.15, -0.1) is 0 Å². The monoisotopic (exact) mass is 733 g/mol. The zero-order valence-corrected chi connectivity index (χ0v) is 30.3. The Bertz CT molecular complexity index is 1970. The van der Waals surface area contributed by atoms with E-state index in [4.69, 9.17) is 33.2 Å². The second-order valence-corrected chi connectivity index (χ2v) is 12.7. The Labute approximate surface area is 314 Å². The highest BCUT2D eigenvalue weighted by molar-refractivity contribution is 6.02. The summed E-state index contributed by atoms with van der Waals surface area (Å²) in [5, 5.41) is 0. The standard InChI is InChI=1S/C43H43NO10/c1-28(45)50-27-33-38(51-24-29-16-8-4-9-17-29)40(52-25-30-18-10-5-11-19-30)41(53-26-31-20-12-6-13-21-31)39(54-33)35-34(32-22-14-7-15-23-32)36(42(46)48-2)44-37(35)43(47)49-3/h4-23,33,38-41,44H,24-27H2,1-3H3/t33-,38+,39-,40+,41+/m1/s1. The molecule has 1 aromatic heterocycles. The van der Waals surface area contributed by atoms with Crippen LogP contribution in [0.2, 0.25) is 0 Å². The fourth-order valence-electron chi connectivity index (χ4n) is 6.58. The first kappa shape index (κ1) is 38.1. The number of carbonyl (C=O) groups excluding carboxylic acids is 3. The molecule has 1 fully saturated rings. The number of benzene rings is 4. The van der Waals surface area contributed by atoms with Crippen molar-refractivity contribution in [3.63, 3.8) is 0 Å². The molecule has 0 saturated carbocycles. The summed E-state index contributed by atoms with van der Waals surface area (Å²) in [4.78, 5) is 42.3. The van der Waals surface area contributed by atoms with Crippen LogP contribution in [0.4, 0.5) is 0 Å². The van der Waals surface area contributed by atoms with E-state index in [9.17, 15) is 14.4 Å². The van der Waals surface area contributed by atoms with Crippen LogP contribution in [0, 0.1) is 0 Å². The number of aromatic nitrogens is 1. The summed E-state index contributed by atoms with van der Waals surface area (Å²) in [6.45, 7) is 1.60. The van der Waals surface area contributed by atoms with Gasteiger partial charge in [0.2, 0.25) is 0 Å². The van der Waals surface area contributed by atoms with Crippen LogP contribution in [-0.2, 0) is 57.8 Å². The number of ether oxygens (including phenoxy) is 7. The van der Waals surface area contributed by atoms with Gasteiger partial charge in [-0.3, -0.25) is 4.79 Å². The summed E-state index contributed by atoms with van der Waals surface area (Å²) in [5.74, 6) is -1.97. The van der Waals surface area contributed by atoms with Crippen molar-refractivity contribution in [2.24, 2.45) is 0 Å². The highest BCUT2D eigenvalue weighted by atomic mass is 16.6. The maximum Gasteiger partial charge on any atom is 0.355 e. The third kappa shape index (κ3) is 9.12. The van der Waals surface area contributed by atoms with Gasteiger partial charge in [-0.05, 0) is 22.3 Å². The lowest BCUT2D eigenvalue weighted by molar-refractivity contribution is -0.273. The molecule has 2 heterocycles. The highest BCUT2D eigenvalue weighted by Crippen LogP contribution is 2.45. The molecule has 6 rings (SSSR count). The number of hydrogen-bond acceptors (Lipinski definition) is 10.